The predicted octanol–water partition coefficient (Wildman–Crippen LogP) is 5.63. The average Bonchev–Trinajstić information content (AvgIpc) is 3.58. The van der Waals surface area contributed by atoms with E-state index in [4.69, 9.17) is 9.47 Å². The van der Waals surface area contributed by atoms with Crippen molar-refractivity contribution < 1.29 is 24.5 Å². The van der Waals surface area contributed by atoms with Crippen LogP contribution in [0.5, 0.6) is 11.5 Å². The van der Waals surface area contributed by atoms with Crippen LogP contribution < -0.4 is 9.47 Å². The summed E-state index contributed by atoms with van der Waals surface area (Å²) in [7, 11) is 5.23. The summed E-state index contributed by atoms with van der Waals surface area (Å²) in [6, 6.07) is 36.2. The number of fused-ring (bicyclic) bond motifs is 1. The molecule has 0 bridgehead atoms. The molecule has 1 saturated carbocycles. The van der Waals surface area contributed by atoms with Crippen LogP contribution in [-0.4, -0.2) is 72.9 Å². The van der Waals surface area contributed by atoms with Crippen molar-refractivity contribution in [3.63, 3.8) is 0 Å². The number of rotatable bonds is 11. The first kappa shape index (κ1) is 32.8. The van der Waals surface area contributed by atoms with Gasteiger partial charge < -0.3 is 29.5 Å². The molecule has 47 heavy (non-hydrogen) atoms. The van der Waals surface area contributed by atoms with E-state index in [1.165, 1.54) is 5.56 Å². The molecule has 4 atom stereocenters. The van der Waals surface area contributed by atoms with Crippen LogP contribution in [0.3, 0.4) is 0 Å². The molecule has 0 radical (unpaired) electrons. The zero-order valence-corrected chi connectivity index (χ0v) is 27.6. The number of likely N-dealkylation sites (tertiary alicyclic amines) is 1. The zero-order valence-electron chi connectivity index (χ0n) is 27.6. The monoisotopic (exact) mass is 634 g/mol. The van der Waals surface area contributed by atoms with E-state index in [2.05, 4.69) is 48.3 Å². The number of hydrogen-bond acceptors (Lipinski definition) is 6. The maximum atomic E-state index is 14.0. The molecular formula is C40H46N2O5. The number of benzene rings is 4. The molecule has 2 aliphatic rings. The van der Waals surface area contributed by atoms with Crippen LogP contribution in [0.15, 0.2) is 109 Å². The lowest BCUT2D eigenvalue weighted by Gasteiger charge is -2.55. The predicted molar refractivity (Wildman–Crippen MR) is 183 cm³/mol. The molecule has 1 saturated heterocycles. The Kier molecular flexibility index (Phi) is 9.69. The van der Waals surface area contributed by atoms with Crippen LogP contribution in [0, 0.1) is 11.8 Å². The highest BCUT2D eigenvalue weighted by Crippen LogP contribution is 2.60. The van der Waals surface area contributed by atoms with Crippen molar-refractivity contribution in [3.05, 3.63) is 131 Å². The first-order valence-electron chi connectivity index (χ1n) is 16.6. The second-order valence-electron chi connectivity index (χ2n) is 13.2. The van der Waals surface area contributed by atoms with Crippen molar-refractivity contribution in [1.29, 1.82) is 0 Å². The van der Waals surface area contributed by atoms with Crippen molar-refractivity contribution in [2.45, 2.75) is 42.9 Å². The van der Waals surface area contributed by atoms with E-state index in [0.717, 1.165) is 30.6 Å². The number of carbonyl (C=O) groups is 1. The molecule has 2 N–H and O–H groups in total. The molecular weight excluding hydrogens is 588 g/mol. The van der Waals surface area contributed by atoms with Gasteiger partial charge in [0.1, 0.15) is 17.1 Å². The largest absolute Gasteiger partial charge is 0.497 e. The van der Waals surface area contributed by atoms with E-state index in [1.54, 1.807) is 32.4 Å². The third kappa shape index (κ3) is 6.16. The van der Waals surface area contributed by atoms with E-state index in [-0.39, 0.29) is 18.2 Å². The lowest BCUT2D eigenvalue weighted by molar-refractivity contribution is -0.168. The summed E-state index contributed by atoms with van der Waals surface area (Å²) in [6.07, 6.45) is 0.247. The van der Waals surface area contributed by atoms with Crippen molar-refractivity contribution in [3.8, 4) is 11.5 Å². The molecule has 0 spiro atoms. The smallest absolute Gasteiger partial charge is 0.222 e. The molecule has 1 heterocycles. The van der Waals surface area contributed by atoms with Crippen LogP contribution in [-0.2, 0) is 22.4 Å². The lowest BCUT2D eigenvalue weighted by atomic mass is 9.51. The summed E-state index contributed by atoms with van der Waals surface area (Å²) >= 11 is 0. The zero-order chi connectivity index (χ0) is 33.0. The van der Waals surface area contributed by atoms with Gasteiger partial charge in [0.05, 0.1) is 20.3 Å². The first-order chi connectivity index (χ1) is 22.8. The molecule has 1 aliphatic heterocycles. The SMILES string of the molecule is COc1ccc(OC)c([C@@]2(O)[C@H](O)CC(c3ccccc3)(c3ccccc3)[C@@H]3CN(C(=O)CCCN(C)Cc4ccccc4)C[C@@H]32)c1. The number of carbonyl (C=O) groups excluding carboxylic acids is 1. The number of ether oxygens (including phenoxy) is 2. The van der Waals surface area contributed by atoms with Crippen LogP contribution in [0.1, 0.15) is 41.5 Å². The lowest BCUT2D eigenvalue weighted by Crippen LogP contribution is -2.60. The minimum atomic E-state index is -1.69. The molecule has 7 nitrogen and oxygen atoms in total. The number of methoxy groups -OCH3 is 2. The topological polar surface area (TPSA) is 82.5 Å². The molecule has 0 aromatic heterocycles. The van der Waals surface area contributed by atoms with Crippen LogP contribution >= 0.6 is 0 Å². The highest BCUT2D eigenvalue weighted by Gasteiger charge is 2.65. The minimum Gasteiger partial charge on any atom is -0.497 e. The Hall–Kier alpha value is -4.17. The van der Waals surface area contributed by atoms with Gasteiger partial charge in [0.2, 0.25) is 5.91 Å². The van der Waals surface area contributed by atoms with Gasteiger partial charge >= 0.3 is 0 Å². The van der Waals surface area contributed by atoms with Crippen LogP contribution in [0.2, 0.25) is 0 Å². The highest BCUT2D eigenvalue weighted by molar-refractivity contribution is 5.76. The van der Waals surface area contributed by atoms with E-state index in [9.17, 15) is 15.0 Å². The Balaban J connectivity index is 1.36. The average molecular weight is 635 g/mol. The van der Waals surface area contributed by atoms with Gasteiger partial charge in [-0.15, -0.1) is 0 Å². The van der Waals surface area contributed by atoms with E-state index in [1.807, 2.05) is 59.5 Å². The number of hydrogen-bond donors (Lipinski definition) is 2. The second kappa shape index (κ2) is 13.9. The molecule has 0 unspecified atom stereocenters. The van der Waals surface area contributed by atoms with Crippen LogP contribution in [0.4, 0.5) is 0 Å². The van der Waals surface area contributed by atoms with Crippen molar-refractivity contribution in [2.75, 3.05) is 40.9 Å². The van der Waals surface area contributed by atoms with Gasteiger partial charge in [-0.05, 0) is 67.2 Å². The third-order valence-corrected chi connectivity index (χ3v) is 10.5. The Bertz CT molecular complexity index is 1590. The second-order valence-corrected chi connectivity index (χ2v) is 13.2. The number of nitrogens with zero attached hydrogens (tertiary/aromatic N) is 2. The summed E-state index contributed by atoms with van der Waals surface area (Å²) in [5.74, 6) is 0.423. The van der Waals surface area contributed by atoms with Gasteiger partial charge in [0.15, 0.2) is 0 Å². The fourth-order valence-corrected chi connectivity index (χ4v) is 8.25. The molecule has 4 aromatic carbocycles. The van der Waals surface area contributed by atoms with Gasteiger partial charge in [-0.3, -0.25) is 4.79 Å². The summed E-state index contributed by atoms with van der Waals surface area (Å²) in [4.78, 5) is 18.1. The quantitative estimate of drug-likeness (QED) is 0.223. The minimum absolute atomic E-state index is 0.0666. The van der Waals surface area contributed by atoms with Crippen molar-refractivity contribution in [2.24, 2.45) is 11.8 Å². The maximum absolute atomic E-state index is 14.0. The summed E-state index contributed by atoms with van der Waals surface area (Å²) in [5, 5.41) is 25.2. The summed E-state index contributed by atoms with van der Waals surface area (Å²) in [6.45, 7) is 2.41. The Labute approximate surface area is 278 Å². The van der Waals surface area contributed by atoms with Gasteiger partial charge in [-0.1, -0.05) is 91.0 Å². The maximum Gasteiger partial charge on any atom is 0.222 e. The fourth-order valence-electron chi connectivity index (χ4n) is 8.25. The summed E-state index contributed by atoms with van der Waals surface area (Å²) in [5.41, 5.74) is 1.52. The number of aliphatic hydroxyl groups is 2. The van der Waals surface area contributed by atoms with E-state index >= 15 is 0 Å². The Morgan fingerprint density at radius 1 is 0.851 bits per heavy atom. The first-order valence-corrected chi connectivity index (χ1v) is 16.6. The molecule has 1 amide bonds. The molecule has 7 heteroatoms. The van der Waals surface area contributed by atoms with Crippen molar-refractivity contribution in [1.82, 2.24) is 9.80 Å². The molecule has 2 fully saturated rings. The normalized spacial score (nSPS) is 23.4. The van der Waals surface area contributed by atoms with Gasteiger partial charge in [-0.25, -0.2) is 0 Å². The van der Waals surface area contributed by atoms with Crippen molar-refractivity contribution >= 4 is 5.91 Å². The number of aliphatic hydroxyl groups excluding tert-OH is 1. The Morgan fingerprint density at radius 3 is 2.04 bits per heavy atom. The van der Waals surface area contributed by atoms with E-state index < -0.39 is 23.0 Å². The standard InChI is InChI=1S/C40H46N2O5/c1-41(26-29-14-7-4-8-15-29)23-13-20-38(44)42-27-34-35(28-42)40(45,33-24-32(46-2)21-22-36(33)47-3)37(43)25-39(34,30-16-9-5-10-17-30)31-18-11-6-12-19-31/h4-12,14-19,21-22,24,34-35,37,43,45H,13,20,23,25-28H2,1-3H3/t34-,35+,37-,40+/m1/s1. The molecule has 6 rings (SSSR count). The molecule has 1 aliphatic carbocycles. The number of amides is 1. The third-order valence-electron chi connectivity index (χ3n) is 10.5. The Morgan fingerprint density at radius 2 is 1.45 bits per heavy atom. The summed E-state index contributed by atoms with van der Waals surface area (Å²) < 4.78 is 11.3. The highest BCUT2D eigenvalue weighted by atomic mass is 16.5. The fraction of sp³-hybridized carbons (Fsp3) is 0.375. The van der Waals surface area contributed by atoms with Crippen LogP contribution in [0.25, 0.3) is 0 Å². The molecule has 4 aromatic rings. The molecule has 246 valence electrons. The van der Waals surface area contributed by atoms with E-state index in [0.29, 0.717) is 36.6 Å². The van der Waals surface area contributed by atoms with Gasteiger partial charge in [0, 0.05) is 43.0 Å². The van der Waals surface area contributed by atoms with Gasteiger partial charge in [-0.2, -0.15) is 0 Å². The van der Waals surface area contributed by atoms with Gasteiger partial charge in [0.25, 0.3) is 0 Å².